The lowest BCUT2D eigenvalue weighted by molar-refractivity contribution is 0.125. The lowest BCUT2D eigenvalue weighted by atomic mass is 10.3. The standard InChI is InChI=1S/C22H35O9PS/c1-3-30-32(24,31-4-2)6-5-7-33-16-17(23)11-25-18-8-19(26-12-21-14-28-21)10-20(9-18)27-13-22-15-29-22/h8-10,17,21-23H,3-7,11-16H2,1-2H3. The number of ether oxygens (including phenoxy) is 5. The van der Waals surface area contributed by atoms with Gasteiger partial charge in [-0.25, -0.2) is 0 Å². The quantitative estimate of drug-likeness (QED) is 0.170. The highest BCUT2D eigenvalue weighted by atomic mass is 32.2. The van der Waals surface area contributed by atoms with E-state index in [1.54, 1.807) is 37.7 Å². The first-order valence-corrected chi connectivity index (χ1v) is 14.3. The van der Waals surface area contributed by atoms with E-state index in [2.05, 4.69) is 0 Å². The average Bonchev–Trinajstić information content (AvgIpc) is 3.70. The molecule has 0 aromatic heterocycles. The van der Waals surface area contributed by atoms with Gasteiger partial charge in [0.15, 0.2) is 0 Å². The van der Waals surface area contributed by atoms with Crippen LogP contribution in [0.5, 0.6) is 17.2 Å². The molecule has 2 heterocycles. The lowest BCUT2D eigenvalue weighted by Crippen LogP contribution is -2.20. The molecule has 2 fully saturated rings. The molecule has 2 aliphatic rings. The van der Waals surface area contributed by atoms with Gasteiger partial charge in [-0.05, 0) is 26.0 Å². The summed E-state index contributed by atoms with van der Waals surface area (Å²) >= 11 is 1.58. The van der Waals surface area contributed by atoms with Gasteiger partial charge in [-0.3, -0.25) is 4.57 Å². The van der Waals surface area contributed by atoms with E-state index in [0.717, 1.165) is 19.0 Å². The van der Waals surface area contributed by atoms with Crippen molar-refractivity contribution in [3.63, 3.8) is 0 Å². The molecule has 0 spiro atoms. The second-order valence-corrected chi connectivity index (χ2v) is 11.1. The maximum atomic E-state index is 12.4. The minimum absolute atomic E-state index is 0.143. The molecule has 33 heavy (non-hydrogen) atoms. The van der Waals surface area contributed by atoms with Crippen LogP contribution < -0.4 is 14.2 Å². The van der Waals surface area contributed by atoms with E-state index in [-0.39, 0.29) is 18.8 Å². The Bertz CT molecular complexity index is 713. The number of rotatable bonds is 19. The van der Waals surface area contributed by atoms with Crippen molar-refractivity contribution < 1.29 is 42.4 Å². The number of epoxide rings is 2. The Kier molecular flexibility index (Phi) is 11.1. The van der Waals surface area contributed by atoms with Gasteiger partial charge in [-0.2, -0.15) is 11.8 Å². The molecule has 1 N–H and O–H groups in total. The van der Waals surface area contributed by atoms with Gasteiger partial charge in [0.1, 0.15) is 49.3 Å². The molecule has 1 aromatic rings. The Labute approximate surface area is 199 Å². The molecule has 0 amide bonds. The van der Waals surface area contributed by atoms with Crippen LogP contribution >= 0.6 is 19.4 Å². The predicted octanol–water partition coefficient (Wildman–Crippen LogP) is 3.37. The van der Waals surface area contributed by atoms with Crippen molar-refractivity contribution in [1.82, 2.24) is 0 Å². The summed E-state index contributed by atoms with van der Waals surface area (Å²) in [6.07, 6.45) is 0.712. The zero-order chi connectivity index (χ0) is 23.5. The van der Waals surface area contributed by atoms with Crippen molar-refractivity contribution in [2.75, 3.05) is 63.9 Å². The summed E-state index contributed by atoms with van der Waals surface area (Å²) < 4.78 is 50.7. The molecule has 3 rings (SSSR count). The largest absolute Gasteiger partial charge is 0.491 e. The van der Waals surface area contributed by atoms with Crippen molar-refractivity contribution in [3.05, 3.63) is 18.2 Å². The van der Waals surface area contributed by atoms with Crippen molar-refractivity contribution >= 4 is 19.4 Å². The Hall–Kier alpha value is -1.00. The van der Waals surface area contributed by atoms with Crippen LogP contribution in [0.15, 0.2) is 18.2 Å². The highest BCUT2D eigenvalue weighted by Crippen LogP contribution is 2.48. The summed E-state index contributed by atoms with van der Waals surface area (Å²) in [5.41, 5.74) is 0. The second-order valence-electron chi connectivity index (χ2n) is 7.74. The van der Waals surface area contributed by atoms with E-state index < -0.39 is 13.7 Å². The Morgan fingerprint density at radius 2 is 1.52 bits per heavy atom. The molecule has 0 aliphatic carbocycles. The van der Waals surface area contributed by atoms with Crippen LogP contribution in [0.2, 0.25) is 0 Å². The van der Waals surface area contributed by atoms with Gasteiger partial charge in [0.25, 0.3) is 0 Å². The van der Waals surface area contributed by atoms with Crippen molar-refractivity contribution in [1.29, 1.82) is 0 Å². The van der Waals surface area contributed by atoms with Crippen LogP contribution in [0.3, 0.4) is 0 Å². The van der Waals surface area contributed by atoms with Gasteiger partial charge < -0.3 is 37.8 Å². The summed E-state index contributed by atoms with van der Waals surface area (Å²) in [4.78, 5) is 0. The second kappa shape index (κ2) is 13.8. The summed E-state index contributed by atoms with van der Waals surface area (Å²) in [6.45, 7) is 6.87. The number of aliphatic hydroxyl groups is 1. The minimum atomic E-state index is -3.00. The van der Waals surface area contributed by atoms with Gasteiger partial charge in [0, 0.05) is 24.0 Å². The molecule has 2 aliphatic heterocycles. The molecule has 3 atom stereocenters. The van der Waals surface area contributed by atoms with Gasteiger partial charge >= 0.3 is 7.60 Å². The fraction of sp³-hybridized carbons (Fsp3) is 0.727. The van der Waals surface area contributed by atoms with Gasteiger partial charge in [-0.15, -0.1) is 0 Å². The predicted molar refractivity (Wildman–Crippen MR) is 126 cm³/mol. The van der Waals surface area contributed by atoms with E-state index >= 15 is 0 Å². The van der Waals surface area contributed by atoms with Crippen molar-refractivity contribution in [3.8, 4) is 17.2 Å². The monoisotopic (exact) mass is 506 g/mol. The molecule has 11 heteroatoms. The Balaban J connectivity index is 1.38. The number of benzene rings is 1. The fourth-order valence-electron chi connectivity index (χ4n) is 2.88. The van der Waals surface area contributed by atoms with Gasteiger partial charge in [0.05, 0.1) is 38.7 Å². The molecule has 0 radical (unpaired) electrons. The number of thioether (sulfide) groups is 1. The highest BCUT2D eigenvalue weighted by Gasteiger charge is 2.25. The number of hydrogen-bond donors (Lipinski definition) is 1. The third-order valence-corrected chi connectivity index (χ3v) is 8.02. The first kappa shape index (κ1) is 26.6. The van der Waals surface area contributed by atoms with Crippen LogP contribution in [0.1, 0.15) is 20.3 Å². The Morgan fingerprint density at radius 1 is 1.00 bits per heavy atom. The molecular weight excluding hydrogens is 471 g/mol. The number of aliphatic hydroxyl groups excluding tert-OH is 1. The van der Waals surface area contributed by atoms with Crippen LogP contribution in [-0.4, -0.2) is 87.3 Å². The topological polar surface area (TPSA) is 109 Å². The third-order valence-electron chi connectivity index (χ3n) is 4.65. The molecule has 188 valence electrons. The molecule has 1 aromatic carbocycles. The average molecular weight is 507 g/mol. The van der Waals surface area contributed by atoms with Crippen LogP contribution in [0.4, 0.5) is 0 Å². The van der Waals surface area contributed by atoms with E-state index in [1.807, 2.05) is 6.07 Å². The molecule has 2 saturated heterocycles. The van der Waals surface area contributed by atoms with Gasteiger partial charge in [0.2, 0.25) is 0 Å². The van der Waals surface area contributed by atoms with E-state index in [0.29, 0.717) is 62.0 Å². The van der Waals surface area contributed by atoms with E-state index in [9.17, 15) is 9.67 Å². The first-order valence-electron chi connectivity index (χ1n) is 11.4. The summed E-state index contributed by atoms with van der Waals surface area (Å²) in [7, 11) is -3.00. The summed E-state index contributed by atoms with van der Waals surface area (Å²) in [6, 6.07) is 5.37. The summed E-state index contributed by atoms with van der Waals surface area (Å²) in [5, 5.41) is 10.3. The summed E-state index contributed by atoms with van der Waals surface area (Å²) in [5.74, 6) is 3.08. The maximum Gasteiger partial charge on any atom is 0.330 e. The SMILES string of the molecule is CCOP(=O)(CCCSCC(O)COc1cc(OCC2CO2)cc(OCC2CO2)c1)OCC. The molecule has 3 unspecified atom stereocenters. The maximum absolute atomic E-state index is 12.4. The highest BCUT2D eigenvalue weighted by molar-refractivity contribution is 7.99. The van der Waals surface area contributed by atoms with Crippen LogP contribution in [0.25, 0.3) is 0 Å². The first-order chi connectivity index (χ1) is 16.0. The van der Waals surface area contributed by atoms with Crippen LogP contribution in [-0.2, 0) is 23.1 Å². The number of hydrogen-bond acceptors (Lipinski definition) is 10. The molecule has 0 bridgehead atoms. The Morgan fingerprint density at radius 3 is 2.00 bits per heavy atom. The van der Waals surface area contributed by atoms with E-state index in [4.69, 9.17) is 32.7 Å². The smallest absolute Gasteiger partial charge is 0.330 e. The fourth-order valence-corrected chi connectivity index (χ4v) is 5.64. The normalized spacial score (nSPS) is 20.3. The zero-order valence-electron chi connectivity index (χ0n) is 19.3. The third kappa shape index (κ3) is 10.9. The minimum Gasteiger partial charge on any atom is -0.491 e. The van der Waals surface area contributed by atoms with Gasteiger partial charge in [-0.1, -0.05) is 0 Å². The zero-order valence-corrected chi connectivity index (χ0v) is 21.0. The van der Waals surface area contributed by atoms with E-state index in [1.165, 1.54) is 0 Å². The lowest BCUT2D eigenvalue weighted by Gasteiger charge is -2.17. The molecule has 9 nitrogen and oxygen atoms in total. The van der Waals surface area contributed by atoms with Crippen molar-refractivity contribution in [2.24, 2.45) is 0 Å². The van der Waals surface area contributed by atoms with Crippen molar-refractivity contribution in [2.45, 2.75) is 38.6 Å². The molecule has 0 saturated carbocycles. The van der Waals surface area contributed by atoms with Crippen LogP contribution in [0, 0.1) is 0 Å². The molecular formula is C22H35O9PS.